The smallest absolute Gasteiger partial charge is 0.387 e. The van der Waals surface area contributed by atoms with Crippen LogP contribution < -0.4 is 14.8 Å². The van der Waals surface area contributed by atoms with E-state index >= 15 is 0 Å². The van der Waals surface area contributed by atoms with Gasteiger partial charge in [0.05, 0.1) is 11.6 Å². The van der Waals surface area contributed by atoms with Crippen LogP contribution in [-0.2, 0) is 6.54 Å². The first-order valence-corrected chi connectivity index (χ1v) is 9.12. The van der Waals surface area contributed by atoms with Gasteiger partial charge in [0, 0.05) is 19.1 Å². The van der Waals surface area contributed by atoms with Gasteiger partial charge in [0.25, 0.3) is 0 Å². The average molecular weight is 405 g/mol. The van der Waals surface area contributed by atoms with Crippen LogP contribution in [0.15, 0.2) is 16.6 Å². The van der Waals surface area contributed by atoms with Gasteiger partial charge in [-0.3, -0.25) is 0 Å². The molecule has 3 rings (SSSR count). The van der Waals surface area contributed by atoms with E-state index in [1.54, 1.807) is 12.1 Å². The SMILES string of the molecule is COc1cc(CNCC2CCN(C3CC3)C2)cc(Br)c1OC(F)F. The van der Waals surface area contributed by atoms with Gasteiger partial charge in [-0.05, 0) is 71.9 Å². The van der Waals surface area contributed by atoms with Crippen LogP contribution in [0.4, 0.5) is 8.78 Å². The van der Waals surface area contributed by atoms with Crippen molar-refractivity contribution in [3.8, 4) is 11.5 Å². The summed E-state index contributed by atoms with van der Waals surface area (Å²) in [4.78, 5) is 2.60. The number of nitrogens with zero attached hydrogens (tertiary/aromatic N) is 1. The van der Waals surface area contributed by atoms with Crippen molar-refractivity contribution in [3.63, 3.8) is 0 Å². The van der Waals surface area contributed by atoms with Crippen molar-refractivity contribution >= 4 is 15.9 Å². The van der Waals surface area contributed by atoms with Crippen molar-refractivity contribution in [1.29, 1.82) is 0 Å². The minimum absolute atomic E-state index is 0.0344. The van der Waals surface area contributed by atoms with Gasteiger partial charge >= 0.3 is 6.61 Å². The van der Waals surface area contributed by atoms with E-state index < -0.39 is 6.61 Å². The summed E-state index contributed by atoms with van der Waals surface area (Å²) in [6.07, 6.45) is 3.97. The second-order valence-electron chi connectivity index (χ2n) is 6.50. The summed E-state index contributed by atoms with van der Waals surface area (Å²) in [6, 6.07) is 4.37. The number of ether oxygens (including phenoxy) is 2. The molecule has 1 unspecified atom stereocenters. The van der Waals surface area contributed by atoms with Gasteiger partial charge in [-0.25, -0.2) is 0 Å². The molecule has 2 aliphatic rings. The van der Waals surface area contributed by atoms with Gasteiger partial charge in [0.1, 0.15) is 0 Å². The summed E-state index contributed by atoms with van der Waals surface area (Å²) in [5.41, 5.74) is 0.970. The van der Waals surface area contributed by atoms with E-state index in [0.29, 0.717) is 22.7 Å². The van der Waals surface area contributed by atoms with Crippen LogP contribution in [0.5, 0.6) is 11.5 Å². The zero-order valence-electron chi connectivity index (χ0n) is 13.7. The molecule has 1 atom stereocenters. The van der Waals surface area contributed by atoms with Crippen LogP contribution in [0.25, 0.3) is 0 Å². The molecule has 1 saturated heterocycles. The summed E-state index contributed by atoms with van der Waals surface area (Å²) in [7, 11) is 1.45. The zero-order valence-corrected chi connectivity index (χ0v) is 15.3. The summed E-state index contributed by atoms with van der Waals surface area (Å²) >= 11 is 3.28. The van der Waals surface area contributed by atoms with Crippen LogP contribution in [0.1, 0.15) is 24.8 Å². The zero-order chi connectivity index (χ0) is 17.1. The Hall–Kier alpha value is -0.920. The number of benzene rings is 1. The van der Waals surface area contributed by atoms with Crippen molar-refractivity contribution in [2.75, 3.05) is 26.7 Å². The highest BCUT2D eigenvalue weighted by Crippen LogP contribution is 2.37. The van der Waals surface area contributed by atoms with Crippen molar-refractivity contribution in [2.24, 2.45) is 5.92 Å². The van der Waals surface area contributed by atoms with Crippen molar-refractivity contribution < 1.29 is 18.3 Å². The highest BCUT2D eigenvalue weighted by molar-refractivity contribution is 9.10. The maximum atomic E-state index is 12.5. The second-order valence-corrected chi connectivity index (χ2v) is 7.35. The quantitative estimate of drug-likeness (QED) is 0.716. The Balaban J connectivity index is 1.52. The summed E-state index contributed by atoms with van der Waals surface area (Å²) in [6.45, 7) is 1.17. The fourth-order valence-corrected chi connectivity index (χ4v) is 3.88. The van der Waals surface area contributed by atoms with E-state index in [-0.39, 0.29) is 5.75 Å². The maximum Gasteiger partial charge on any atom is 0.387 e. The van der Waals surface area contributed by atoms with Crippen LogP contribution in [0.3, 0.4) is 0 Å². The molecule has 134 valence electrons. The molecule has 24 heavy (non-hydrogen) atoms. The Labute approximate surface area is 149 Å². The summed E-state index contributed by atoms with van der Waals surface area (Å²) < 4.78 is 35.1. The molecular weight excluding hydrogens is 382 g/mol. The molecule has 1 aromatic carbocycles. The third-order valence-electron chi connectivity index (χ3n) is 4.64. The standard InChI is InChI=1S/C17H23BrF2N2O2/c1-23-15-7-12(6-14(18)16(15)24-17(19)20)9-21-8-11-4-5-22(10-11)13-2-3-13/h6-7,11,13,17,21H,2-5,8-10H2,1H3. The lowest BCUT2D eigenvalue weighted by Gasteiger charge is -2.16. The van der Waals surface area contributed by atoms with Gasteiger partial charge in [-0.1, -0.05) is 0 Å². The van der Waals surface area contributed by atoms with Gasteiger partial charge < -0.3 is 19.7 Å². The first-order valence-electron chi connectivity index (χ1n) is 8.32. The van der Waals surface area contributed by atoms with E-state index in [0.717, 1.165) is 18.2 Å². The minimum atomic E-state index is -2.88. The number of rotatable bonds is 8. The molecule has 0 amide bonds. The van der Waals surface area contributed by atoms with Crippen LogP contribution >= 0.6 is 15.9 Å². The number of methoxy groups -OCH3 is 1. The largest absolute Gasteiger partial charge is 0.493 e. The highest BCUT2D eigenvalue weighted by atomic mass is 79.9. The Bertz CT molecular complexity index is 570. The number of alkyl halides is 2. The number of nitrogens with one attached hydrogen (secondary N) is 1. The normalized spacial score (nSPS) is 21.5. The summed E-state index contributed by atoms with van der Waals surface area (Å²) in [5, 5.41) is 3.47. The topological polar surface area (TPSA) is 33.7 Å². The predicted octanol–water partition coefficient (Wildman–Crippen LogP) is 3.63. The maximum absolute atomic E-state index is 12.5. The molecule has 1 aromatic rings. The Morgan fingerprint density at radius 1 is 1.33 bits per heavy atom. The monoisotopic (exact) mass is 404 g/mol. The van der Waals surface area contributed by atoms with Gasteiger partial charge in [0.2, 0.25) is 0 Å². The van der Waals surface area contributed by atoms with Gasteiger partial charge in [0.15, 0.2) is 11.5 Å². The molecule has 1 saturated carbocycles. The molecule has 0 aromatic heterocycles. The fraction of sp³-hybridized carbons (Fsp3) is 0.647. The lowest BCUT2D eigenvalue weighted by Crippen LogP contribution is -2.27. The van der Waals surface area contributed by atoms with Crippen LogP contribution in [0, 0.1) is 5.92 Å². The molecule has 2 fully saturated rings. The predicted molar refractivity (Wildman–Crippen MR) is 91.7 cm³/mol. The summed E-state index contributed by atoms with van der Waals surface area (Å²) in [5.74, 6) is 1.03. The molecule has 1 N–H and O–H groups in total. The van der Waals surface area contributed by atoms with Crippen molar-refractivity contribution in [2.45, 2.75) is 38.5 Å². The first kappa shape index (κ1) is 17.9. The Kier molecular flexibility index (Phi) is 5.94. The number of likely N-dealkylation sites (tertiary alicyclic amines) is 1. The molecule has 1 heterocycles. The highest BCUT2D eigenvalue weighted by Gasteiger charge is 2.34. The average Bonchev–Trinajstić information content (AvgIpc) is 3.29. The fourth-order valence-electron chi connectivity index (χ4n) is 3.30. The molecule has 1 aliphatic heterocycles. The third kappa shape index (κ3) is 4.58. The van der Waals surface area contributed by atoms with E-state index in [1.807, 2.05) is 0 Å². The van der Waals surface area contributed by atoms with Crippen LogP contribution in [-0.4, -0.2) is 44.3 Å². The van der Waals surface area contributed by atoms with Crippen LogP contribution in [0.2, 0.25) is 0 Å². The lowest BCUT2D eigenvalue weighted by molar-refractivity contribution is -0.0517. The molecule has 7 heteroatoms. The lowest BCUT2D eigenvalue weighted by atomic mass is 10.1. The minimum Gasteiger partial charge on any atom is -0.493 e. The molecule has 1 aliphatic carbocycles. The van der Waals surface area contributed by atoms with Gasteiger partial charge in [-0.15, -0.1) is 0 Å². The third-order valence-corrected chi connectivity index (χ3v) is 5.23. The van der Waals surface area contributed by atoms with E-state index in [9.17, 15) is 8.78 Å². The second kappa shape index (κ2) is 7.97. The van der Waals surface area contributed by atoms with Gasteiger partial charge in [-0.2, -0.15) is 8.78 Å². The molecule has 0 spiro atoms. The first-order chi connectivity index (χ1) is 11.6. The number of hydrogen-bond donors (Lipinski definition) is 1. The van der Waals surface area contributed by atoms with Crippen molar-refractivity contribution in [3.05, 3.63) is 22.2 Å². The van der Waals surface area contributed by atoms with E-state index in [1.165, 1.54) is 39.5 Å². The molecule has 0 radical (unpaired) electrons. The number of hydrogen-bond acceptors (Lipinski definition) is 4. The van der Waals surface area contributed by atoms with E-state index in [2.05, 4.69) is 30.9 Å². The number of halogens is 3. The molecule has 4 nitrogen and oxygen atoms in total. The Morgan fingerprint density at radius 3 is 2.79 bits per heavy atom. The molecule has 0 bridgehead atoms. The Morgan fingerprint density at radius 2 is 2.12 bits per heavy atom. The van der Waals surface area contributed by atoms with E-state index in [4.69, 9.17) is 4.74 Å². The van der Waals surface area contributed by atoms with Crippen molar-refractivity contribution in [1.82, 2.24) is 10.2 Å². The molecular formula is C17H23BrF2N2O2.